The minimum Gasteiger partial charge on any atom is -0.445 e. The maximum Gasteiger partial charge on any atom is 0.407 e. The first-order valence-corrected chi connectivity index (χ1v) is 8.26. The summed E-state index contributed by atoms with van der Waals surface area (Å²) in [5.74, 6) is -0.677. The maximum absolute atomic E-state index is 11.8. The van der Waals surface area contributed by atoms with Crippen LogP contribution in [0.5, 0.6) is 0 Å². The Morgan fingerprint density at radius 3 is 2.48 bits per heavy atom. The summed E-state index contributed by atoms with van der Waals surface area (Å²) in [7, 11) is 0. The Balaban J connectivity index is 1.56. The van der Waals surface area contributed by atoms with Gasteiger partial charge in [0.05, 0.1) is 6.61 Å². The molecule has 0 bridgehead atoms. The number of benzene rings is 1. The number of aliphatic hydroxyl groups excluding tert-OH is 1. The van der Waals surface area contributed by atoms with Crippen LogP contribution in [0.1, 0.15) is 24.8 Å². The number of hydrogen-bond acceptors (Lipinski definition) is 5. The molecule has 1 aliphatic heterocycles. The molecule has 1 unspecified atom stereocenters. The van der Waals surface area contributed by atoms with Crippen LogP contribution >= 0.6 is 0 Å². The molecule has 1 aromatic carbocycles. The van der Waals surface area contributed by atoms with Crippen LogP contribution in [-0.2, 0) is 20.9 Å². The molecular formula is C17H23N3O5. The Labute approximate surface area is 145 Å². The van der Waals surface area contributed by atoms with Gasteiger partial charge in [0, 0.05) is 6.54 Å². The number of piperazine rings is 1. The van der Waals surface area contributed by atoms with Crippen LogP contribution in [0.15, 0.2) is 30.3 Å². The Bertz CT molecular complexity index is 593. The first-order chi connectivity index (χ1) is 12.1. The van der Waals surface area contributed by atoms with Crippen molar-refractivity contribution >= 4 is 17.9 Å². The number of carbonyl (C=O) groups excluding carboxylic acids is 3. The highest BCUT2D eigenvalue weighted by Crippen LogP contribution is 2.06. The molecule has 1 saturated heterocycles. The molecule has 25 heavy (non-hydrogen) atoms. The predicted octanol–water partition coefficient (Wildman–Crippen LogP) is 0.0586. The van der Waals surface area contributed by atoms with Crippen molar-refractivity contribution in [2.24, 2.45) is 0 Å². The van der Waals surface area contributed by atoms with Crippen LogP contribution in [0.2, 0.25) is 0 Å². The van der Waals surface area contributed by atoms with Crippen molar-refractivity contribution in [1.82, 2.24) is 16.0 Å². The van der Waals surface area contributed by atoms with Crippen molar-refractivity contribution in [3.8, 4) is 0 Å². The molecule has 0 aromatic heterocycles. The smallest absolute Gasteiger partial charge is 0.407 e. The van der Waals surface area contributed by atoms with Crippen molar-refractivity contribution in [2.45, 2.75) is 38.0 Å². The Kier molecular flexibility index (Phi) is 7.21. The van der Waals surface area contributed by atoms with E-state index in [-0.39, 0.29) is 18.4 Å². The number of alkyl carbamates (subject to hydrolysis) is 1. The summed E-state index contributed by atoms with van der Waals surface area (Å²) in [6, 6.07) is 7.92. The van der Waals surface area contributed by atoms with Gasteiger partial charge in [-0.3, -0.25) is 9.59 Å². The number of unbranched alkanes of at least 4 members (excludes halogenated alkanes) is 1. The van der Waals surface area contributed by atoms with Crippen molar-refractivity contribution in [3.05, 3.63) is 35.9 Å². The van der Waals surface area contributed by atoms with Gasteiger partial charge in [0.25, 0.3) is 0 Å². The summed E-state index contributed by atoms with van der Waals surface area (Å²) >= 11 is 0. The number of hydrogen-bond donors (Lipinski definition) is 4. The minimum atomic E-state index is -0.871. The molecular weight excluding hydrogens is 326 g/mol. The third kappa shape index (κ3) is 6.07. The van der Waals surface area contributed by atoms with Crippen LogP contribution in [-0.4, -0.2) is 48.2 Å². The summed E-state index contributed by atoms with van der Waals surface area (Å²) in [5, 5.41) is 16.6. The maximum atomic E-state index is 11.8. The van der Waals surface area contributed by atoms with Gasteiger partial charge in [0.1, 0.15) is 18.7 Å². The lowest BCUT2D eigenvalue weighted by atomic mass is 10.0. The molecule has 3 amide bonds. The van der Waals surface area contributed by atoms with E-state index in [4.69, 9.17) is 9.84 Å². The number of ether oxygens (including phenoxy) is 1. The van der Waals surface area contributed by atoms with Gasteiger partial charge >= 0.3 is 6.09 Å². The van der Waals surface area contributed by atoms with Gasteiger partial charge in [-0.25, -0.2) is 4.79 Å². The molecule has 0 spiro atoms. The van der Waals surface area contributed by atoms with Gasteiger partial charge in [0.2, 0.25) is 11.8 Å². The standard InChI is InChI=1S/C17H23N3O5/c21-10-14-16(23)19-13(15(22)20-14)8-4-5-9-18-17(24)25-11-12-6-2-1-3-7-12/h1-3,6-7,13-14,21H,4-5,8-11H2,(H,18,24)(H,19,23)(H,20,22)/t13-,14?/m0/s1. The van der Waals surface area contributed by atoms with E-state index in [0.29, 0.717) is 25.8 Å². The first kappa shape index (κ1) is 18.7. The molecule has 0 saturated carbocycles. The molecule has 1 fully saturated rings. The number of aliphatic hydroxyl groups is 1. The van der Waals surface area contributed by atoms with E-state index in [1.165, 1.54) is 0 Å². The number of amides is 3. The predicted molar refractivity (Wildman–Crippen MR) is 89.4 cm³/mol. The molecule has 1 aliphatic rings. The topological polar surface area (TPSA) is 117 Å². The van der Waals surface area contributed by atoms with E-state index in [9.17, 15) is 14.4 Å². The fourth-order valence-electron chi connectivity index (χ4n) is 2.45. The molecule has 2 rings (SSSR count). The lowest BCUT2D eigenvalue weighted by Gasteiger charge is -2.28. The Morgan fingerprint density at radius 1 is 1.08 bits per heavy atom. The highest BCUT2D eigenvalue weighted by atomic mass is 16.5. The summed E-state index contributed by atoms with van der Waals surface area (Å²) in [4.78, 5) is 34.9. The molecule has 8 nitrogen and oxygen atoms in total. The highest BCUT2D eigenvalue weighted by molar-refractivity contribution is 5.96. The zero-order valence-corrected chi connectivity index (χ0v) is 13.9. The zero-order chi connectivity index (χ0) is 18.1. The third-order valence-corrected chi connectivity index (χ3v) is 3.85. The lowest BCUT2D eigenvalue weighted by Crippen LogP contribution is -2.62. The molecule has 136 valence electrons. The van der Waals surface area contributed by atoms with Gasteiger partial charge in [-0.1, -0.05) is 30.3 Å². The first-order valence-electron chi connectivity index (χ1n) is 8.26. The molecule has 0 aliphatic carbocycles. The highest BCUT2D eigenvalue weighted by Gasteiger charge is 2.32. The van der Waals surface area contributed by atoms with E-state index in [1.807, 2.05) is 30.3 Å². The van der Waals surface area contributed by atoms with Gasteiger partial charge < -0.3 is 25.8 Å². The van der Waals surface area contributed by atoms with Crippen molar-refractivity contribution in [2.75, 3.05) is 13.2 Å². The Hall–Kier alpha value is -2.61. The summed E-state index contributed by atoms with van der Waals surface area (Å²) in [5.41, 5.74) is 0.915. The number of nitrogens with one attached hydrogen (secondary N) is 3. The molecule has 0 radical (unpaired) electrons. The van der Waals surface area contributed by atoms with Crippen LogP contribution in [0.4, 0.5) is 4.79 Å². The van der Waals surface area contributed by atoms with Crippen molar-refractivity contribution in [3.63, 3.8) is 0 Å². The van der Waals surface area contributed by atoms with E-state index in [0.717, 1.165) is 5.56 Å². The van der Waals surface area contributed by atoms with Gasteiger partial charge in [-0.15, -0.1) is 0 Å². The number of carbonyl (C=O) groups is 3. The van der Waals surface area contributed by atoms with Crippen molar-refractivity contribution in [1.29, 1.82) is 0 Å². The van der Waals surface area contributed by atoms with E-state index >= 15 is 0 Å². The normalized spacial score (nSPS) is 19.7. The van der Waals surface area contributed by atoms with Crippen LogP contribution in [0.3, 0.4) is 0 Å². The monoisotopic (exact) mass is 349 g/mol. The SMILES string of the molecule is O=C(NCCCC[C@@H]1NC(=O)C(CO)NC1=O)OCc1ccccc1. The van der Waals surface area contributed by atoms with Crippen LogP contribution < -0.4 is 16.0 Å². The fraction of sp³-hybridized carbons (Fsp3) is 0.471. The molecule has 1 aromatic rings. The largest absolute Gasteiger partial charge is 0.445 e. The quantitative estimate of drug-likeness (QED) is 0.495. The Morgan fingerprint density at radius 2 is 1.76 bits per heavy atom. The second-order valence-electron chi connectivity index (χ2n) is 5.79. The van der Waals surface area contributed by atoms with E-state index < -0.39 is 24.8 Å². The molecule has 4 N–H and O–H groups in total. The lowest BCUT2D eigenvalue weighted by molar-refractivity contribution is -0.137. The third-order valence-electron chi connectivity index (χ3n) is 3.85. The summed E-state index contributed by atoms with van der Waals surface area (Å²) in [6.07, 6.45) is 1.29. The van der Waals surface area contributed by atoms with Gasteiger partial charge in [0.15, 0.2) is 0 Å². The minimum absolute atomic E-state index is 0.215. The van der Waals surface area contributed by atoms with E-state index in [2.05, 4.69) is 16.0 Å². The summed E-state index contributed by atoms with van der Waals surface area (Å²) < 4.78 is 5.09. The second kappa shape index (κ2) is 9.63. The zero-order valence-electron chi connectivity index (χ0n) is 13.9. The van der Waals surface area contributed by atoms with E-state index in [1.54, 1.807) is 0 Å². The second-order valence-corrected chi connectivity index (χ2v) is 5.79. The molecule has 1 heterocycles. The number of rotatable bonds is 8. The van der Waals surface area contributed by atoms with Crippen molar-refractivity contribution < 1.29 is 24.2 Å². The van der Waals surface area contributed by atoms with Gasteiger partial charge in [-0.2, -0.15) is 0 Å². The molecule has 2 atom stereocenters. The summed E-state index contributed by atoms with van der Waals surface area (Å²) in [6.45, 7) is 0.224. The molecule has 8 heteroatoms. The van der Waals surface area contributed by atoms with Crippen LogP contribution in [0, 0.1) is 0 Å². The fourth-order valence-corrected chi connectivity index (χ4v) is 2.45. The van der Waals surface area contributed by atoms with Crippen LogP contribution in [0.25, 0.3) is 0 Å². The average Bonchev–Trinajstić information content (AvgIpc) is 2.63. The van der Waals surface area contributed by atoms with Gasteiger partial charge in [-0.05, 0) is 24.8 Å². The average molecular weight is 349 g/mol.